The largest absolute Gasteiger partial charge is 0.497 e. The van der Waals surface area contributed by atoms with Crippen molar-refractivity contribution in [3.8, 4) is 16.3 Å². The van der Waals surface area contributed by atoms with Crippen LogP contribution in [0, 0.1) is 0 Å². The van der Waals surface area contributed by atoms with Crippen molar-refractivity contribution in [3.63, 3.8) is 0 Å². The predicted molar refractivity (Wildman–Crippen MR) is 105 cm³/mol. The molecule has 2 aliphatic heterocycles. The second-order valence-corrected chi connectivity index (χ2v) is 8.08. The summed E-state index contributed by atoms with van der Waals surface area (Å²) in [5.41, 5.74) is 2.24. The highest BCUT2D eigenvalue weighted by atomic mass is 32.1. The Morgan fingerprint density at radius 3 is 2.75 bits per heavy atom. The molecule has 1 amide bonds. The standard InChI is InChI=1S/C19H20N4O4S/c1-26-13-7-14(17-20-5-6-28-17)16-15(8-13)21-18(27-16)22-9-11-3-2-4-12(10-22)23(11)19(24)25/h5-8,11-12H,2-4,9-10H2,1H3,(H,24,25). The van der Waals surface area contributed by atoms with Gasteiger partial charge in [0.15, 0.2) is 5.58 Å². The Balaban J connectivity index is 1.54. The number of carbonyl (C=O) groups is 1. The van der Waals surface area contributed by atoms with Crippen molar-refractivity contribution in [1.82, 2.24) is 14.9 Å². The minimum absolute atomic E-state index is 0.0204. The molecule has 0 radical (unpaired) electrons. The van der Waals surface area contributed by atoms with E-state index in [0.29, 0.717) is 36.0 Å². The molecule has 146 valence electrons. The highest BCUT2D eigenvalue weighted by Gasteiger charge is 2.41. The lowest BCUT2D eigenvalue weighted by atomic mass is 9.92. The molecule has 1 N–H and O–H groups in total. The highest BCUT2D eigenvalue weighted by Crippen LogP contribution is 2.38. The number of ether oxygens (including phenoxy) is 1. The van der Waals surface area contributed by atoms with Gasteiger partial charge in [0.05, 0.1) is 24.8 Å². The molecule has 8 nitrogen and oxygen atoms in total. The lowest BCUT2D eigenvalue weighted by Gasteiger charge is -2.48. The fourth-order valence-corrected chi connectivity index (χ4v) is 4.99. The Kier molecular flexibility index (Phi) is 4.12. The van der Waals surface area contributed by atoms with Gasteiger partial charge in [-0.3, -0.25) is 4.90 Å². The molecule has 28 heavy (non-hydrogen) atoms. The number of nitrogens with zero attached hydrogens (tertiary/aromatic N) is 4. The molecule has 0 saturated carbocycles. The maximum Gasteiger partial charge on any atom is 0.407 e. The Labute approximate surface area is 165 Å². The van der Waals surface area contributed by atoms with Gasteiger partial charge in [-0.2, -0.15) is 4.98 Å². The quantitative estimate of drug-likeness (QED) is 0.717. The fraction of sp³-hybridized carbons (Fsp3) is 0.421. The summed E-state index contributed by atoms with van der Waals surface area (Å²) in [6.07, 6.45) is 3.73. The molecule has 2 unspecified atom stereocenters. The maximum atomic E-state index is 11.6. The SMILES string of the molecule is COc1cc(-c2nccs2)c2oc(N3CC4CCCC(C3)N4C(=O)O)nc2c1. The van der Waals surface area contributed by atoms with Crippen LogP contribution in [0.3, 0.4) is 0 Å². The molecule has 0 aliphatic carbocycles. The summed E-state index contributed by atoms with van der Waals surface area (Å²) in [7, 11) is 1.63. The molecule has 1 aromatic carbocycles. The molecular formula is C19H20N4O4S. The smallest absolute Gasteiger partial charge is 0.407 e. The van der Waals surface area contributed by atoms with Crippen molar-refractivity contribution in [2.45, 2.75) is 31.3 Å². The van der Waals surface area contributed by atoms with E-state index in [0.717, 1.165) is 29.8 Å². The molecule has 2 fully saturated rings. The number of anilines is 1. The number of piperidine rings is 1. The van der Waals surface area contributed by atoms with Crippen LogP contribution in [0.1, 0.15) is 19.3 Å². The van der Waals surface area contributed by atoms with E-state index < -0.39 is 6.09 Å². The zero-order valence-corrected chi connectivity index (χ0v) is 16.2. The summed E-state index contributed by atoms with van der Waals surface area (Å²) in [6.45, 7) is 1.19. The number of aromatic nitrogens is 2. The van der Waals surface area contributed by atoms with Gasteiger partial charge in [0.1, 0.15) is 16.3 Å². The summed E-state index contributed by atoms with van der Waals surface area (Å²) < 4.78 is 11.6. The summed E-state index contributed by atoms with van der Waals surface area (Å²) in [5.74, 6) is 0.699. The number of oxazole rings is 1. The molecule has 2 saturated heterocycles. The summed E-state index contributed by atoms with van der Waals surface area (Å²) in [6, 6.07) is 4.25. The minimum atomic E-state index is -0.831. The molecular weight excluding hydrogens is 380 g/mol. The van der Waals surface area contributed by atoms with Gasteiger partial charge in [-0.15, -0.1) is 11.3 Å². The molecule has 2 aromatic heterocycles. The van der Waals surface area contributed by atoms with E-state index in [4.69, 9.17) is 14.1 Å². The van der Waals surface area contributed by atoms with E-state index in [1.807, 2.05) is 17.5 Å². The van der Waals surface area contributed by atoms with Gasteiger partial charge in [-0.25, -0.2) is 9.78 Å². The van der Waals surface area contributed by atoms with Gasteiger partial charge in [-0.1, -0.05) is 0 Å². The minimum Gasteiger partial charge on any atom is -0.497 e. The van der Waals surface area contributed by atoms with Crippen LogP contribution in [0.2, 0.25) is 0 Å². The van der Waals surface area contributed by atoms with E-state index in [1.54, 1.807) is 18.2 Å². The Bertz CT molecular complexity index is 1000. The summed E-state index contributed by atoms with van der Waals surface area (Å²) in [5, 5.41) is 12.3. The average molecular weight is 400 g/mol. The van der Waals surface area contributed by atoms with Crippen LogP contribution in [0.15, 0.2) is 28.1 Å². The molecule has 2 atom stereocenters. The van der Waals surface area contributed by atoms with Crippen LogP contribution in [-0.4, -0.2) is 58.4 Å². The maximum absolute atomic E-state index is 11.6. The van der Waals surface area contributed by atoms with E-state index in [9.17, 15) is 9.90 Å². The first-order valence-electron chi connectivity index (χ1n) is 9.28. The number of fused-ring (bicyclic) bond motifs is 3. The fourth-order valence-electron chi connectivity index (χ4n) is 4.34. The zero-order chi connectivity index (χ0) is 19.3. The van der Waals surface area contributed by atoms with Crippen molar-refractivity contribution in [2.75, 3.05) is 25.1 Å². The third-order valence-electron chi connectivity index (χ3n) is 5.57. The van der Waals surface area contributed by atoms with Gasteiger partial charge >= 0.3 is 6.09 Å². The third-order valence-corrected chi connectivity index (χ3v) is 6.37. The van der Waals surface area contributed by atoms with Gasteiger partial charge in [0.2, 0.25) is 0 Å². The van der Waals surface area contributed by atoms with E-state index in [1.165, 1.54) is 11.3 Å². The van der Waals surface area contributed by atoms with Gasteiger partial charge in [0.25, 0.3) is 6.01 Å². The molecule has 0 spiro atoms. The number of methoxy groups -OCH3 is 1. The Morgan fingerprint density at radius 2 is 2.11 bits per heavy atom. The normalized spacial score (nSPS) is 21.9. The van der Waals surface area contributed by atoms with Crippen molar-refractivity contribution in [3.05, 3.63) is 23.7 Å². The second kappa shape index (κ2) is 6.66. The van der Waals surface area contributed by atoms with Crippen LogP contribution in [0.5, 0.6) is 5.75 Å². The monoisotopic (exact) mass is 400 g/mol. The second-order valence-electron chi connectivity index (χ2n) is 7.19. The lowest BCUT2D eigenvalue weighted by molar-refractivity contribution is 0.0593. The molecule has 3 aromatic rings. The van der Waals surface area contributed by atoms with E-state index >= 15 is 0 Å². The lowest BCUT2D eigenvalue weighted by Crippen LogP contribution is -2.62. The highest BCUT2D eigenvalue weighted by molar-refractivity contribution is 7.13. The van der Waals surface area contributed by atoms with Crippen LogP contribution >= 0.6 is 11.3 Å². The first-order chi connectivity index (χ1) is 13.6. The third kappa shape index (κ3) is 2.77. The number of carboxylic acid groups (broad SMARTS) is 1. The zero-order valence-electron chi connectivity index (χ0n) is 15.4. The number of piperazine rings is 1. The molecule has 5 rings (SSSR count). The first kappa shape index (κ1) is 17.3. The van der Waals surface area contributed by atoms with Crippen molar-refractivity contribution < 1.29 is 19.1 Å². The summed E-state index contributed by atoms with van der Waals surface area (Å²) >= 11 is 1.53. The number of benzene rings is 1. The van der Waals surface area contributed by atoms with Crippen LogP contribution in [-0.2, 0) is 0 Å². The molecule has 4 heterocycles. The first-order valence-corrected chi connectivity index (χ1v) is 10.2. The van der Waals surface area contributed by atoms with Crippen LogP contribution < -0.4 is 9.64 Å². The molecule has 2 aliphatic rings. The number of rotatable bonds is 3. The number of hydrogen-bond donors (Lipinski definition) is 1. The average Bonchev–Trinajstić information content (AvgIpc) is 3.35. The number of hydrogen-bond acceptors (Lipinski definition) is 7. The number of amides is 1. The van der Waals surface area contributed by atoms with Gasteiger partial charge in [-0.05, 0) is 25.3 Å². The topological polar surface area (TPSA) is 91.9 Å². The number of thiazole rings is 1. The van der Waals surface area contributed by atoms with Crippen molar-refractivity contribution in [2.24, 2.45) is 0 Å². The Morgan fingerprint density at radius 1 is 1.32 bits per heavy atom. The van der Waals surface area contributed by atoms with E-state index in [-0.39, 0.29) is 12.1 Å². The molecule has 9 heteroatoms. The predicted octanol–water partition coefficient (Wildman–Crippen LogP) is 3.68. The molecule has 2 bridgehead atoms. The Hall–Kier alpha value is -2.81. The van der Waals surface area contributed by atoms with Crippen molar-refractivity contribution in [1.29, 1.82) is 0 Å². The van der Waals surface area contributed by atoms with Crippen LogP contribution in [0.4, 0.5) is 10.8 Å². The summed E-state index contributed by atoms with van der Waals surface area (Å²) in [4.78, 5) is 24.4. The van der Waals surface area contributed by atoms with Gasteiger partial charge < -0.3 is 19.2 Å². The van der Waals surface area contributed by atoms with Crippen molar-refractivity contribution >= 4 is 34.5 Å². The van der Waals surface area contributed by atoms with E-state index in [2.05, 4.69) is 9.88 Å². The van der Waals surface area contributed by atoms with Gasteiger partial charge in [0, 0.05) is 30.7 Å². The van der Waals surface area contributed by atoms with Crippen LogP contribution in [0.25, 0.3) is 21.7 Å².